The number of carbonyl (C=O) groups is 2. The Labute approximate surface area is 177 Å². The molecule has 3 rings (SSSR count). The van der Waals surface area contributed by atoms with Crippen molar-refractivity contribution in [2.75, 3.05) is 24.9 Å². The first-order chi connectivity index (χ1) is 14.5. The Morgan fingerprint density at radius 3 is 2.40 bits per heavy atom. The maximum Gasteiger partial charge on any atom is 0.319 e. The van der Waals surface area contributed by atoms with Crippen LogP contribution in [0.4, 0.5) is 15.6 Å². The maximum atomic E-state index is 12.4. The zero-order chi connectivity index (χ0) is 21.5. The number of urea groups is 1. The van der Waals surface area contributed by atoms with Crippen LogP contribution in [0.15, 0.2) is 48.5 Å². The summed E-state index contributed by atoms with van der Waals surface area (Å²) in [6.45, 7) is 1.57. The summed E-state index contributed by atoms with van der Waals surface area (Å²) in [5.41, 5.74) is 1.36. The standard InChI is InChI=1S/C20H21N5O4S/c1-12(21-19(27)22-15-6-4-5-7-16(15)29-3)17(26)23-20-25-24-18(30-20)13-8-10-14(28-2)11-9-13/h4-12H,1-3H3,(H2,21,22,27)(H,23,25,26). The van der Waals surface area contributed by atoms with Crippen LogP contribution < -0.4 is 25.4 Å². The van der Waals surface area contributed by atoms with Gasteiger partial charge in [0.2, 0.25) is 11.0 Å². The molecule has 9 nitrogen and oxygen atoms in total. The molecular weight excluding hydrogens is 406 g/mol. The van der Waals surface area contributed by atoms with E-state index in [0.29, 0.717) is 21.6 Å². The minimum atomic E-state index is -0.798. The minimum absolute atomic E-state index is 0.338. The molecular formula is C20H21N5O4S. The highest BCUT2D eigenvalue weighted by molar-refractivity contribution is 7.18. The maximum absolute atomic E-state index is 12.4. The highest BCUT2D eigenvalue weighted by Crippen LogP contribution is 2.28. The fraction of sp³-hybridized carbons (Fsp3) is 0.200. The van der Waals surface area contributed by atoms with Crippen molar-refractivity contribution < 1.29 is 19.1 Å². The minimum Gasteiger partial charge on any atom is -0.497 e. The third-order valence-electron chi connectivity index (χ3n) is 4.09. The number of hydrogen-bond donors (Lipinski definition) is 3. The topological polar surface area (TPSA) is 114 Å². The second kappa shape index (κ2) is 9.70. The van der Waals surface area contributed by atoms with Gasteiger partial charge in [0.15, 0.2) is 0 Å². The lowest BCUT2D eigenvalue weighted by Crippen LogP contribution is -2.43. The summed E-state index contributed by atoms with van der Waals surface area (Å²) in [5, 5.41) is 17.0. The number of hydrogen-bond acceptors (Lipinski definition) is 7. The predicted molar refractivity (Wildman–Crippen MR) is 115 cm³/mol. The van der Waals surface area contributed by atoms with Gasteiger partial charge in [0.05, 0.1) is 19.9 Å². The van der Waals surface area contributed by atoms with E-state index in [1.165, 1.54) is 18.4 Å². The predicted octanol–water partition coefficient (Wildman–Crippen LogP) is 3.37. The lowest BCUT2D eigenvalue weighted by molar-refractivity contribution is -0.117. The van der Waals surface area contributed by atoms with Gasteiger partial charge in [0, 0.05) is 5.56 Å². The van der Waals surface area contributed by atoms with Gasteiger partial charge in [-0.2, -0.15) is 0 Å². The van der Waals surface area contributed by atoms with Gasteiger partial charge in [0.25, 0.3) is 0 Å². The first kappa shape index (κ1) is 21.1. The Balaban J connectivity index is 1.56. The fourth-order valence-corrected chi connectivity index (χ4v) is 3.26. The second-order valence-electron chi connectivity index (χ2n) is 6.15. The van der Waals surface area contributed by atoms with Crippen molar-refractivity contribution in [3.05, 3.63) is 48.5 Å². The Hall–Kier alpha value is -3.66. The molecule has 3 N–H and O–H groups in total. The van der Waals surface area contributed by atoms with E-state index >= 15 is 0 Å². The molecule has 0 aliphatic rings. The Morgan fingerprint density at radius 1 is 0.967 bits per heavy atom. The summed E-state index contributed by atoms with van der Waals surface area (Å²) in [6.07, 6.45) is 0. The molecule has 1 heterocycles. The van der Waals surface area contributed by atoms with Gasteiger partial charge in [-0.25, -0.2) is 4.79 Å². The van der Waals surface area contributed by atoms with E-state index in [-0.39, 0.29) is 0 Å². The van der Waals surface area contributed by atoms with E-state index in [9.17, 15) is 9.59 Å². The zero-order valence-electron chi connectivity index (χ0n) is 16.6. The van der Waals surface area contributed by atoms with Gasteiger partial charge in [-0.05, 0) is 43.3 Å². The molecule has 3 amide bonds. The largest absolute Gasteiger partial charge is 0.497 e. The zero-order valence-corrected chi connectivity index (χ0v) is 17.4. The van der Waals surface area contributed by atoms with Crippen molar-refractivity contribution in [1.82, 2.24) is 15.5 Å². The van der Waals surface area contributed by atoms with Gasteiger partial charge < -0.3 is 20.1 Å². The van der Waals surface area contributed by atoms with E-state index in [4.69, 9.17) is 9.47 Å². The summed E-state index contributed by atoms with van der Waals surface area (Å²) in [5.74, 6) is 0.843. The molecule has 1 aromatic heterocycles. The van der Waals surface area contributed by atoms with E-state index in [1.807, 2.05) is 24.3 Å². The molecule has 0 saturated heterocycles. The van der Waals surface area contributed by atoms with E-state index in [1.54, 1.807) is 38.3 Å². The van der Waals surface area contributed by atoms with Crippen LogP contribution in [0, 0.1) is 0 Å². The van der Waals surface area contributed by atoms with Crippen LogP contribution in [0.1, 0.15) is 6.92 Å². The second-order valence-corrected chi connectivity index (χ2v) is 7.13. The number of para-hydroxylation sites is 2. The average Bonchev–Trinajstić information content (AvgIpc) is 3.22. The SMILES string of the molecule is COc1ccc(-c2nnc(NC(=O)C(C)NC(=O)Nc3ccccc3OC)s2)cc1. The van der Waals surface area contributed by atoms with Crippen molar-refractivity contribution in [2.24, 2.45) is 0 Å². The molecule has 0 spiro atoms. The lowest BCUT2D eigenvalue weighted by Gasteiger charge is -2.15. The molecule has 0 aliphatic carbocycles. The van der Waals surface area contributed by atoms with E-state index in [2.05, 4.69) is 26.1 Å². The molecule has 156 valence electrons. The number of nitrogens with one attached hydrogen (secondary N) is 3. The molecule has 3 aromatic rings. The van der Waals surface area contributed by atoms with Crippen LogP contribution in [-0.2, 0) is 4.79 Å². The molecule has 10 heteroatoms. The number of ether oxygens (including phenoxy) is 2. The molecule has 1 unspecified atom stereocenters. The van der Waals surface area contributed by atoms with Crippen LogP contribution in [0.2, 0.25) is 0 Å². The fourth-order valence-electron chi connectivity index (χ4n) is 2.51. The number of amides is 3. The van der Waals surface area contributed by atoms with Gasteiger partial charge >= 0.3 is 6.03 Å². The summed E-state index contributed by atoms with van der Waals surface area (Å²) in [7, 11) is 3.11. The number of anilines is 2. The molecule has 0 aliphatic heterocycles. The first-order valence-corrected chi connectivity index (χ1v) is 9.81. The van der Waals surface area contributed by atoms with Gasteiger partial charge in [-0.15, -0.1) is 10.2 Å². The highest BCUT2D eigenvalue weighted by Gasteiger charge is 2.18. The molecule has 30 heavy (non-hydrogen) atoms. The summed E-state index contributed by atoms with van der Waals surface area (Å²) >= 11 is 1.23. The number of methoxy groups -OCH3 is 2. The van der Waals surface area contributed by atoms with Gasteiger partial charge in [-0.3, -0.25) is 10.1 Å². The smallest absolute Gasteiger partial charge is 0.319 e. The van der Waals surface area contributed by atoms with Crippen LogP contribution >= 0.6 is 11.3 Å². The Kier molecular flexibility index (Phi) is 6.81. The monoisotopic (exact) mass is 427 g/mol. The number of benzene rings is 2. The summed E-state index contributed by atoms with van der Waals surface area (Å²) in [4.78, 5) is 24.6. The number of nitrogens with zero attached hydrogens (tertiary/aromatic N) is 2. The van der Waals surface area contributed by atoms with Crippen molar-refractivity contribution in [2.45, 2.75) is 13.0 Å². The van der Waals surface area contributed by atoms with Crippen molar-refractivity contribution in [3.63, 3.8) is 0 Å². The molecule has 0 bridgehead atoms. The Bertz CT molecular complexity index is 1020. The van der Waals surface area contributed by atoms with E-state index < -0.39 is 18.0 Å². The number of aromatic nitrogens is 2. The average molecular weight is 427 g/mol. The molecule has 2 aromatic carbocycles. The highest BCUT2D eigenvalue weighted by atomic mass is 32.1. The molecule has 0 fully saturated rings. The van der Waals surface area contributed by atoms with Crippen molar-refractivity contribution >= 4 is 34.1 Å². The van der Waals surface area contributed by atoms with Crippen LogP contribution in [0.25, 0.3) is 10.6 Å². The number of rotatable bonds is 7. The van der Waals surface area contributed by atoms with Crippen LogP contribution in [0.3, 0.4) is 0 Å². The third-order valence-corrected chi connectivity index (χ3v) is 4.98. The summed E-state index contributed by atoms with van der Waals surface area (Å²) < 4.78 is 10.3. The van der Waals surface area contributed by atoms with E-state index in [0.717, 1.165) is 11.3 Å². The normalized spacial score (nSPS) is 11.3. The van der Waals surface area contributed by atoms with Crippen LogP contribution in [-0.4, -0.2) is 42.4 Å². The van der Waals surface area contributed by atoms with Crippen molar-refractivity contribution in [3.8, 4) is 22.1 Å². The van der Waals surface area contributed by atoms with Gasteiger partial charge in [-0.1, -0.05) is 23.5 Å². The van der Waals surface area contributed by atoms with Gasteiger partial charge in [0.1, 0.15) is 22.5 Å². The molecule has 1 atom stereocenters. The Morgan fingerprint density at radius 2 is 1.70 bits per heavy atom. The molecule has 0 radical (unpaired) electrons. The van der Waals surface area contributed by atoms with Crippen LogP contribution in [0.5, 0.6) is 11.5 Å². The first-order valence-electron chi connectivity index (χ1n) is 8.99. The lowest BCUT2D eigenvalue weighted by atomic mass is 10.2. The van der Waals surface area contributed by atoms with Crippen molar-refractivity contribution in [1.29, 1.82) is 0 Å². The molecule has 0 saturated carbocycles. The summed E-state index contributed by atoms with van der Waals surface area (Å²) in [6, 6.07) is 13.0. The third kappa shape index (κ3) is 5.23. The number of carbonyl (C=O) groups excluding carboxylic acids is 2. The quantitative estimate of drug-likeness (QED) is 0.533.